The molecule has 0 bridgehead atoms. The van der Waals surface area contributed by atoms with Crippen molar-refractivity contribution < 1.29 is 31.2 Å². The number of hydrogen-bond donors (Lipinski definition) is 1. The number of benzene rings is 2. The van der Waals surface area contributed by atoms with E-state index in [4.69, 9.17) is 11.6 Å². The summed E-state index contributed by atoms with van der Waals surface area (Å²) in [4.78, 5) is 27.5. The highest BCUT2D eigenvalue weighted by Gasteiger charge is 2.36. The third-order valence-corrected chi connectivity index (χ3v) is 6.55. The summed E-state index contributed by atoms with van der Waals surface area (Å²) >= 11 is 5.67. The molecule has 36 heavy (non-hydrogen) atoms. The molecule has 1 N–H and O–H groups in total. The van der Waals surface area contributed by atoms with Crippen LogP contribution in [0.15, 0.2) is 48.5 Å². The number of sulfonamides is 1. The number of halogens is 4. The number of anilines is 1. The molecule has 2 rings (SSSR count). The Labute approximate surface area is 214 Å². The van der Waals surface area contributed by atoms with E-state index in [1.54, 1.807) is 51.1 Å². The lowest BCUT2D eigenvalue weighted by atomic mass is 10.1. The van der Waals surface area contributed by atoms with Gasteiger partial charge in [-0.3, -0.25) is 13.9 Å². The largest absolute Gasteiger partial charge is 0.417 e. The number of nitrogens with one attached hydrogen (secondary N) is 1. The molecule has 1 atom stereocenters. The average molecular weight is 548 g/mol. The molecule has 0 spiro atoms. The van der Waals surface area contributed by atoms with Crippen LogP contribution in [0.3, 0.4) is 0 Å². The summed E-state index contributed by atoms with van der Waals surface area (Å²) in [7, 11) is -4.19. The number of amides is 2. The Balaban J connectivity index is 2.47. The number of nitrogens with zero attached hydrogens (tertiary/aromatic N) is 2. The second kappa shape index (κ2) is 11.1. The molecule has 0 aliphatic heterocycles. The molecule has 0 saturated heterocycles. The Morgan fingerprint density at radius 3 is 2.14 bits per heavy atom. The SMILES string of the molecule is CC(C(=O)NC(C)(C)C)N(Cc1ccccc1)C(=O)CN(c1ccc(Cl)c(C(F)(F)F)c1)S(C)(=O)=O. The minimum atomic E-state index is -4.83. The van der Waals surface area contributed by atoms with Crippen LogP contribution in [-0.2, 0) is 32.3 Å². The summed E-state index contributed by atoms with van der Waals surface area (Å²) in [6.45, 7) is 5.96. The van der Waals surface area contributed by atoms with Gasteiger partial charge in [-0.05, 0) is 51.5 Å². The van der Waals surface area contributed by atoms with E-state index in [1.165, 1.54) is 11.8 Å². The Bertz CT molecular complexity index is 1200. The van der Waals surface area contributed by atoms with E-state index in [0.717, 1.165) is 18.4 Å². The fourth-order valence-corrected chi connectivity index (χ4v) is 4.40. The van der Waals surface area contributed by atoms with Gasteiger partial charge in [0.25, 0.3) is 0 Å². The van der Waals surface area contributed by atoms with Crippen molar-refractivity contribution in [2.24, 2.45) is 0 Å². The van der Waals surface area contributed by atoms with E-state index in [-0.39, 0.29) is 12.2 Å². The van der Waals surface area contributed by atoms with E-state index in [1.807, 2.05) is 0 Å². The van der Waals surface area contributed by atoms with Gasteiger partial charge in [0.1, 0.15) is 12.6 Å². The molecule has 0 fully saturated rings. The van der Waals surface area contributed by atoms with Gasteiger partial charge in [-0.2, -0.15) is 13.2 Å². The minimum absolute atomic E-state index is 0.0234. The van der Waals surface area contributed by atoms with E-state index in [0.29, 0.717) is 15.9 Å². The Morgan fingerprint density at radius 1 is 1.06 bits per heavy atom. The summed E-state index contributed by atoms with van der Waals surface area (Å²) in [6.07, 6.45) is -4.06. The first-order chi connectivity index (χ1) is 16.4. The lowest BCUT2D eigenvalue weighted by Crippen LogP contribution is -2.54. The molecule has 0 aliphatic rings. The molecule has 0 saturated carbocycles. The van der Waals surface area contributed by atoms with Crippen molar-refractivity contribution >= 4 is 39.1 Å². The van der Waals surface area contributed by atoms with Gasteiger partial charge in [-0.15, -0.1) is 0 Å². The fourth-order valence-electron chi connectivity index (χ4n) is 3.34. The van der Waals surface area contributed by atoms with Gasteiger partial charge < -0.3 is 10.2 Å². The third kappa shape index (κ3) is 8.12. The first-order valence-electron chi connectivity index (χ1n) is 10.9. The highest BCUT2D eigenvalue weighted by molar-refractivity contribution is 7.92. The number of hydrogen-bond acceptors (Lipinski definition) is 4. The molecule has 0 aromatic heterocycles. The van der Waals surface area contributed by atoms with Gasteiger partial charge in [0.2, 0.25) is 21.8 Å². The second-order valence-electron chi connectivity index (χ2n) is 9.35. The summed E-state index contributed by atoms with van der Waals surface area (Å²) in [5.41, 5.74) is -1.53. The van der Waals surface area contributed by atoms with Crippen LogP contribution in [0, 0.1) is 0 Å². The van der Waals surface area contributed by atoms with E-state index >= 15 is 0 Å². The zero-order valence-corrected chi connectivity index (χ0v) is 22.1. The molecule has 2 aromatic rings. The molecular formula is C24H29ClF3N3O4S. The monoisotopic (exact) mass is 547 g/mol. The van der Waals surface area contributed by atoms with E-state index < -0.39 is 56.7 Å². The first kappa shape index (κ1) is 29.4. The predicted octanol–water partition coefficient (Wildman–Crippen LogP) is 4.46. The molecule has 0 radical (unpaired) electrons. The highest BCUT2D eigenvalue weighted by atomic mass is 35.5. The van der Waals surface area contributed by atoms with Gasteiger partial charge in [0, 0.05) is 12.1 Å². The van der Waals surface area contributed by atoms with E-state index in [2.05, 4.69) is 5.32 Å². The zero-order valence-electron chi connectivity index (χ0n) is 20.6. The third-order valence-electron chi connectivity index (χ3n) is 5.08. The van der Waals surface area contributed by atoms with Gasteiger partial charge in [-0.25, -0.2) is 8.42 Å². The average Bonchev–Trinajstić information content (AvgIpc) is 2.73. The Morgan fingerprint density at radius 2 is 1.64 bits per heavy atom. The smallest absolute Gasteiger partial charge is 0.350 e. The highest BCUT2D eigenvalue weighted by Crippen LogP contribution is 2.37. The minimum Gasteiger partial charge on any atom is -0.350 e. The van der Waals surface area contributed by atoms with Crippen molar-refractivity contribution in [3.05, 3.63) is 64.7 Å². The number of alkyl halides is 3. The Hall–Kier alpha value is -2.79. The molecule has 0 aliphatic carbocycles. The van der Waals surface area contributed by atoms with Gasteiger partial charge in [0.15, 0.2) is 0 Å². The summed E-state index contributed by atoms with van der Waals surface area (Å²) in [5, 5.41) is 2.17. The van der Waals surface area contributed by atoms with Crippen LogP contribution >= 0.6 is 11.6 Å². The van der Waals surface area contributed by atoms with Crippen molar-refractivity contribution in [1.82, 2.24) is 10.2 Å². The Kier molecular flexibility index (Phi) is 9.06. The van der Waals surface area contributed by atoms with Crippen LogP contribution in [0.2, 0.25) is 5.02 Å². The van der Waals surface area contributed by atoms with Crippen molar-refractivity contribution in [2.45, 2.75) is 52.0 Å². The van der Waals surface area contributed by atoms with Gasteiger partial charge in [0.05, 0.1) is 22.5 Å². The maximum atomic E-state index is 13.4. The fraction of sp³-hybridized carbons (Fsp3) is 0.417. The van der Waals surface area contributed by atoms with E-state index in [9.17, 15) is 31.2 Å². The predicted molar refractivity (Wildman–Crippen MR) is 133 cm³/mol. The molecule has 0 heterocycles. The standard InChI is InChI=1S/C24H29ClF3N3O4S/c1-16(22(33)29-23(2,3)4)30(14-17-9-7-6-8-10-17)21(32)15-31(36(5,34)35)18-11-12-20(25)19(13-18)24(26,27)28/h6-13,16H,14-15H2,1-5H3,(H,29,33). The normalized spacial score (nSPS) is 13.1. The van der Waals surface area contributed by atoms with Gasteiger partial charge >= 0.3 is 6.18 Å². The van der Waals surface area contributed by atoms with Crippen LogP contribution in [0.1, 0.15) is 38.8 Å². The van der Waals surface area contributed by atoms with Crippen molar-refractivity contribution in [1.29, 1.82) is 0 Å². The van der Waals surface area contributed by atoms with Crippen molar-refractivity contribution in [3.63, 3.8) is 0 Å². The zero-order chi connectivity index (χ0) is 27.5. The number of rotatable bonds is 8. The molecule has 2 amide bonds. The molecule has 198 valence electrons. The van der Waals surface area contributed by atoms with Crippen LogP contribution in [-0.4, -0.2) is 49.5 Å². The maximum Gasteiger partial charge on any atom is 0.417 e. The molecular weight excluding hydrogens is 519 g/mol. The summed E-state index contributed by atoms with van der Waals surface area (Å²) in [5.74, 6) is -1.24. The molecule has 12 heteroatoms. The summed E-state index contributed by atoms with van der Waals surface area (Å²) < 4.78 is 65.8. The number of carbonyl (C=O) groups is 2. The van der Waals surface area contributed by atoms with Crippen LogP contribution in [0.4, 0.5) is 18.9 Å². The van der Waals surface area contributed by atoms with Crippen molar-refractivity contribution in [3.8, 4) is 0 Å². The molecule has 2 aromatic carbocycles. The maximum absolute atomic E-state index is 13.4. The van der Waals surface area contributed by atoms with Crippen molar-refractivity contribution in [2.75, 3.05) is 17.1 Å². The quantitative estimate of drug-likeness (QED) is 0.529. The first-order valence-corrected chi connectivity index (χ1v) is 13.1. The topological polar surface area (TPSA) is 86.8 Å². The van der Waals surface area contributed by atoms with Crippen LogP contribution < -0.4 is 9.62 Å². The lowest BCUT2D eigenvalue weighted by molar-refractivity contribution is -0.140. The lowest BCUT2D eigenvalue weighted by Gasteiger charge is -2.33. The molecule has 7 nitrogen and oxygen atoms in total. The van der Waals surface area contributed by atoms with Gasteiger partial charge in [-0.1, -0.05) is 41.9 Å². The van der Waals surface area contributed by atoms with Crippen LogP contribution in [0.25, 0.3) is 0 Å². The number of carbonyl (C=O) groups excluding carboxylic acids is 2. The second-order valence-corrected chi connectivity index (χ2v) is 11.7. The van der Waals surface area contributed by atoms with Crippen LogP contribution in [0.5, 0.6) is 0 Å². The molecule has 1 unspecified atom stereocenters. The summed E-state index contributed by atoms with van der Waals surface area (Å²) in [6, 6.07) is 10.3.